The molecule has 3 rings (SSSR count). The molecule has 2 aromatic rings. The Morgan fingerprint density at radius 1 is 0.895 bits per heavy atom. The molecule has 5 atom stereocenters. The summed E-state index contributed by atoms with van der Waals surface area (Å²) in [4.78, 5) is 59.2. The van der Waals surface area contributed by atoms with Crippen LogP contribution in [-0.2, 0) is 42.9 Å². The van der Waals surface area contributed by atoms with Crippen molar-refractivity contribution in [2.75, 3.05) is 13.7 Å². The molecule has 38 heavy (non-hydrogen) atoms. The van der Waals surface area contributed by atoms with E-state index in [4.69, 9.17) is 37.6 Å². The Balaban J connectivity index is 2.04. The fourth-order valence-corrected chi connectivity index (χ4v) is 3.82. The fraction of sp³-hybridized carbons (Fsp3) is 0.458. The number of hydrogen-bond acceptors (Lipinski definition) is 14. The highest BCUT2D eigenvalue weighted by atomic mass is 16.7. The summed E-state index contributed by atoms with van der Waals surface area (Å²) in [7, 11) is 1.19. The monoisotopic (exact) mass is 538 g/mol. The first-order valence-electron chi connectivity index (χ1n) is 11.2. The number of hydrogen-bond donors (Lipinski definition) is 1. The zero-order valence-electron chi connectivity index (χ0n) is 21.1. The zero-order valence-corrected chi connectivity index (χ0v) is 21.1. The molecule has 1 aromatic heterocycles. The first kappa shape index (κ1) is 28.2. The van der Waals surface area contributed by atoms with Gasteiger partial charge in [0.05, 0.1) is 12.5 Å². The molecule has 14 heteroatoms. The number of ether oxygens (including phenoxy) is 7. The molecule has 1 N–H and O–H groups in total. The lowest BCUT2D eigenvalue weighted by atomic mass is 9.98. The second-order valence-electron chi connectivity index (χ2n) is 8.11. The SMILES string of the molecule is COc1c(O)c2ccc(O[C@H]3O[C@H](COC(C)=O)[C@@H](OC(C)=O)[C@H](OC(C)=O)[C@@H]3OC(C)=O)cc2oc1=O. The third-order valence-corrected chi connectivity index (χ3v) is 5.22. The minimum Gasteiger partial charge on any atom is -0.504 e. The largest absolute Gasteiger partial charge is 0.504 e. The van der Waals surface area contributed by atoms with Crippen molar-refractivity contribution in [2.45, 2.75) is 58.4 Å². The third kappa shape index (κ3) is 6.51. The molecule has 0 saturated carbocycles. The Labute approximate surface area is 215 Å². The van der Waals surface area contributed by atoms with E-state index in [1.807, 2.05) is 0 Å². The summed E-state index contributed by atoms with van der Waals surface area (Å²) in [5.74, 6) is -3.85. The number of esters is 4. The molecule has 1 saturated heterocycles. The molecule has 1 aromatic carbocycles. The van der Waals surface area contributed by atoms with Gasteiger partial charge in [-0.15, -0.1) is 0 Å². The van der Waals surface area contributed by atoms with Crippen LogP contribution in [0.25, 0.3) is 11.0 Å². The molecule has 1 aliphatic rings. The van der Waals surface area contributed by atoms with E-state index in [2.05, 4.69) is 0 Å². The van der Waals surface area contributed by atoms with Crippen molar-refractivity contribution < 1.29 is 61.9 Å². The van der Waals surface area contributed by atoms with Gasteiger partial charge in [-0.25, -0.2) is 4.79 Å². The van der Waals surface area contributed by atoms with E-state index in [9.17, 15) is 29.1 Å². The molecule has 206 valence electrons. The quantitative estimate of drug-likeness (QED) is 0.285. The summed E-state index contributed by atoms with van der Waals surface area (Å²) in [6.45, 7) is 4.00. The van der Waals surface area contributed by atoms with Gasteiger partial charge in [-0.1, -0.05) is 0 Å². The molecule has 1 fully saturated rings. The first-order valence-corrected chi connectivity index (χ1v) is 11.2. The molecular formula is C24H26O14. The molecule has 2 heterocycles. The van der Waals surface area contributed by atoms with Crippen LogP contribution in [0, 0.1) is 0 Å². The summed E-state index contributed by atoms with van der Waals surface area (Å²) < 4.78 is 42.8. The van der Waals surface area contributed by atoms with Crippen molar-refractivity contribution in [3.8, 4) is 17.2 Å². The summed E-state index contributed by atoms with van der Waals surface area (Å²) >= 11 is 0. The predicted octanol–water partition coefficient (Wildman–Crippen LogP) is 0.969. The number of fused-ring (bicyclic) bond motifs is 1. The van der Waals surface area contributed by atoms with Crippen LogP contribution < -0.4 is 15.1 Å². The maximum absolute atomic E-state index is 12.1. The Kier molecular flexibility index (Phi) is 8.78. The van der Waals surface area contributed by atoms with Crippen LogP contribution in [0.15, 0.2) is 27.4 Å². The van der Waals surface area contributed by atoms with Gasteiger partial charge in [-0.05, 0) is 12.1 Å². The van der Waals surface area contributed by atoms with Gasteiger partial charge in [-0.2, -0.15) is 0 Å². The Hall–Kier alpha value is -4.33. The number of carbonyl (C=O) groups excluding carboxylic acids is 4. The van der Waals surface area contributed by atoms with Crippen molar-refractivity contribution in [1.29, 1.82) is 0 Å². The van der Waals surface area contributed by atoms with Crippen LogP contribution in [0.5, 0.6) is 17.2 Å². The van der Waals surface area contributed by atoms with Gasteiger partial charge >= 0.3 is 29.5 Å². The van der Waals surface area contributed by atoms with Gasteiger partial charge in [0.1, 0.15) is 24.0 Å². The van der Waals surface area contributed by atoms with E-state index < -0.39 is 72.6 Å². The predicted molar refractivity (Wildman–Crippen MR) is 123 cm³/mol. The molecule has 0 bridgehead atoms. The topological polar surface area (TPSA) is 183 Å². The summed E-state index contributed by atoms with van der Waals surface area (Å²) in [5, 5.41) is 10.4. The minimum atomic E-state index is -1.49. The molecule has 0 radical (unpaired) electrons. The first-order chi connectivity index (χ1) is 17.9. The molecule has 0 aliphatic carbocycles. The zero-order chi connectivity index (χ0) is 28.1. The molecule has 0 unspecified atom stereocenters. The molecule has 0 amide bonds. The van der Waals surface area contributed by atoms with Crippen molar-refractivity contribution in [2.24, 2.45) is 0 Å². The number of carbonyl (C=O) groups is 4. The van der Waals surface area contributed by atoms with Crippen molar-refractivity contribution >= 4 is 34.8 Å². The van der Waals surface area contributed by atoms with E-state index in [0.717, 1.165) is 27.7 Å². The van der Waals surface area contributed by atoms with Gasteiger partial charge in [0.15, 0.2) is 18.0 Å². The maximum Gasteiger partial charge on any atom is 0.383 e. The van der Waals surface area contributed by atoms with Gasteiger partial charge in [-0.3, -0.25) is 19.2 Å². The van der Waals surface area contributed by atoms with Crippen LogP contribution in [0.4, 0.5) is 0 Å². The smallest absolute Gasteiger partial charge is 0.383 e. The van der Waals surface area contributed by atoms with Gasteiger partial charge in [0, 0.05) is 33.8 Å². The van der Waals surface area contributed by atoms with E-state index in [-0.39, 0.29) is 22.5 Å². The summed E-state index contributed by atoms with van der Waals surface area (Å²) in [6.07, 6.45) is -6.94. The number of benzene rings is 1. The molecule has 1 aliphatic heterocycles. The van der Waals surface area contributed by atoms with Crippen molar-refractivity contribution in [1.82, 2.24) is 0 Å². The maximum atomic E-state index is 12.1. The van der Waals surface area contributed by atoms with E-state index in [1.54, 1.807) is 0 Å². The number of aromatic hydroxyl groups is 1. The lowest BCUT2D eigenvalue weighted by molar-refractivity contribution is -0.288. The Morgan fingerprint density at radius 3 is 2.08 bits per heavy atom. The van der Waals surface area contributed by atoms with Gasteiger partial charge in [0.2, 0.25) is 18.1 Å². The van der Waals surface area contributed by atoms with E-state index in [0.29, 0.717) is 0 Å². The van der Waals surface area contributed by atoms with Crippen LogP contribution >= 0.6 is 0 Å². The van der Waals surface area contributed by atoms with Crippen LogP contribution in [0.3, 0.4) is 0 Å². The van der Waals surface area contributed by atoms with E-state index in [1.165, 1.54) is 25.3 Å². The average molecular weight is 538 g/mol. The van der Waals surface area contributed by atoms with Crippen LogP contribution in [-0.4, -0.2) is 73.4 Å². The second-order valence-corrected chi connectivity index (χ2v) is 8.11. The van der Waals surface area contributed by atoms with Crippen LogP contribution in [0.2, 0.25) is 0 Å². The normalized spacial score (nSPS) is 22.7. The average Bonchev–Trinajstić information content (AvgIpc) is 2.81. The molecule has 0 spiro atoms. The van der Waals surface area contributed by atoms with Crippen LogP contribution in [0.1, 0.15) is 27.7 Å². The highest BCUT2D eigenvalue weighted by Gasteiger charge is 2.53. The van der Waals surface area contributed by atoms with Gasteiger partial charge in [0.25, 0.3) is 0 Å². The standard InChI is InChI=1S/C24H26O14/c1-10(25)32-9-17-19(33-11(2)26)21(34-12(3)27)22(35-13(4)28)24(38-17)36-14-6-7-15-16(8-14)37-23(30)20(31-5)18(15)29/h6-8,17,19,21-22,24,29H,9H2,1-5H3/t17-,19-,21+,22+,24+/m1/s1. The fourth-order valence-electron chi connectivity index (χ4n) is 3.82. The lowest BCUT2D eigenvalue weighted by Crippen LogP contribution is -2.63. The lowest BCUT2D eigenvalue weighted by Gasteiger charge is -2.43. The Bertz CT molecular complexity index is 1280. The molecular weight excluding hydrogens is 512 g/mol. The Morgan fingerprint density at radius 2 is 1.50 bits per heavy atom. The minimum absolute atomic E-state index is 0.0196. The molecule has 14 nitrogen and oxygen atoms in total. The van der Waals surface area contributed by atoms with Crippen molar-refractivity contribution in [3.05, 3.63) is 28.6 Å². The summed E-state index contributed by atoms with van der Waals surface area (Å²) in [6, 6.07) is 4.01. The second kappa shape index (κ2) is 11.8. The highest BCUT2D eigenvalue weighted by Crippen LogP contribution is 2.35. The highest BCUT2D eigenvalue weighted by molar-refractivity contribution is 5.86. The van der Waals surface area contributed by atoms with Gasteiger partial charge < -0.3 is 42.7 Å². The van der Waals surface area contributed by atoms with E-state index >= 15 is 0 Å². The third-order valence-electron chi connectivity index (χ3n) is 5.22. The number of rotatable bonds is 8. The number of methoxy groups -OCH3 is 1. The summed E-state index contributed by atoms with van der Waals surface area (Å²) in [5.41, 5.74) is -1.02. The van der Waals surface area contributed by atoms with Crippen molar-refractivity contribution in [3.63, 3.8) is 0 Å².